The number of thiophene rings is 1. The Hall–Kier alpha value is -5.26. The second kappa shape index (κ2) is 10.7. The van der Waals surface area contributed by atoms with Crippen molar-refractivity contribution in [1.29, 1.82) is 0 Å². The van der Waals surface area contributed by atoms with Gasteiger partial charge in [0.25, 0.3) is 0 Å². The molecule has 8 aromatic rings. The van der Waals surface area contributed by atoms with Gasteiger partial charge in [0.15, 0.2) is 0 Å². The summed E-state index contributed by atoms with van der Waals surface area (Å²) in [5.41, 5.74) is 8.45. The Morgan fingerprint density at radius 3 is 1.62 bits per heavy atom. The van der Waals surface area contributed by atoms with Crippen molar-refractivity contribution in [1.82, 2.24) is 4.98 Å². The van der Waals surface area contributed by atoms with E-state index in [1.54, 1.807) is 0 Å². The molecule has 6 aromatic carbocycles. The van der Waals surface area contributed by atoms with Crippen molar-refractivity contribution in [3.63, 3.8) is 0 Å². The van der Waals surface area contributed by atoms with E-state index in [2.05, 4.69) is 91.0 Å². The third-order valence-electron chi connectivity index (χ3n) is 8.38. The van der Waals surface area contributed by atoms with E-state index in [1.807, 2.05) is 41.8 Å². The zero-order valence-corrected chi connectivity index (χ0v) is 24.7. The predicted molar refractivity (Wildman–Crippen MR) is 181 cm³/mol. The molecule has 0 saturated carbocycles. The van der Waals surface area contributed by atoms with Crippen LogP contribution in [0.2, 0.25) is 0 Å². The second-order valence-corrected chi connectivity index (χ2v) is 12.3. The number of hydrogen-bond acceptors (Lipinski definition) is 2. The average molecular weight is 608 g/mol. The lowest BCUT2D eigenvalue weighted by molar-refractivity contribution is -0.137. The summed E-state index contributed by atoms with van der Waals surface area (Å²) in [6.45, 7) is 0. The van der Waals surface area contributed by atoms with Crippen LogP contribution >= 0.6 is 11.3 Å². The van der Waals surface area contributed by atoms with E-state index in [1.165, 1.54) is 43.4 Å². The van der Waals surface area contributed by atoms with Crippen molar-refractivity contribution in [2.45, 2.75) is 6.18 Å². The van der Waals surface area contributed by atoms with Gasteiger partial charge in [0.1, 0.15) is 0 Å². The van der Waals surface area contributed by atoms with Gasteiger partial charge in [-0.3, -0.25) is 4.98 Å². The van der Waals surface area contributed by atoms with Crippen LogP contribution in [0.15, 0.2) is 146 Å². The lowest BCUT2D eigenvalue weighted by Gasteiger charge is -2.09. The molecular formula is C40H24F3NS. The fourth-order valence-corrected chi connectivity index (χ4v) is 7.01. The van der Waals surface area contributed by atoms with E-state index in [-0.39, 0.29) is 0 Å². The third kappa shape index (κ3) is 5.15. The molecule has 0 unspecified atom stereocenters. The first kappa shape index (κ1) is 27.3. The quantitative estimate of drug-likeness (QED) is 0.194. The molecule has 0 atom stereocenters. The van der Waals surface area contributed by atoms with Crippen molar-refractivity contribution < 1.29 is 13.2 Å². The molecule has 0 aliphatic carbocycles. The normalized spacial score (nSPS) is 11.9. The minimum Gasteiger partial charge on any atom is -0.256 e. The van der Waals surface area contributed by atoms with Crippen LogP contribution < -0.4 is 0 Å². The molecule has 216 valence electrons. The van der Waals surface area contributed by atoms with E-state index < -0.39 is 11.7 Å². The highest BCUT2D eigenvalue weighted by Gasteiger charge is 2.30. The molecule has 0 radical (unpaired) electrons. The number of nitrogens with zero attached hydrogens (tertiary/aromatic N) is 1. The van der Waals surface area contributed by atoms with Crippen LogP contribution in [-0.2, 0) is 6.18 Å². The minimum absolute atomic E-state index is 0.646. The third-order valence-corrected chi connectivity index (χ3v) is 9.53. The summed E-state index contributed by atoms with van der Waals surface area (Å²) in [5.74, 6) is 0. The van der Waals surface area contributed by atoms with Crippen molar-refractivity contribution >= 4 is 42.4 Å². The van der Waals surface area contributed by atoms with Crippen LogP contribution in [0.3, 0.4) is 0 Å². The van der Waals surface area contributed by atoms with Crippen LogP contribution in [0.25, 0.3) is 75.6 Å². The maximum absolute atomic E-state index is 12.9. The first-order valence-electron chi connectivity index (χ1n) is 14.6. The van der Waals surface area contributed by atoms with Gasteiger partial charge in [-0.1, -0.05) is 97.1 Å². The maximum Gasteiger partial charge on any atom is 0.416 e. The Bertz CT molecular complexity index is 2330. The van der Waals surface area contributed by atoms with E-state index >= 15 is 0 Å². The highest BCUT2D eigenvalue weighted by molar-refractivity contribution is 7.25. The molecule has 8 rings (SSSR count). The van der Waals surface area contributed by atoms with Crippen LogP contribution in [0.1, 0.15) is 5.56 Å². The molecule has 2 heterocycles. The Morgan fingerprint density at radius 2 is 0.956 bits per heavy atom. The zero-order chi connectivity index (χ0) is 30.5. The fourth-order valence-electron chi connectivity index (χ4n) is 5.93. The van der Waals surface area contributed by atoms with Crippen molar-refractivity contribution in [3.05, 3.63) is 151 Å². The minimum atomic E-state index is -4.34. The van der Waals surface area contributed by atoms with Gasteiger partial charge in [-0.25, -0.2) is 0 Å². The number of alkyl halides is 3. The standard InChI is InChI=1S/C40H24F3NS/c41-40(42,43)34-18-15-26(16-19-34)25-5-7-28(8-6-25)31-13-14-32-21-33(24-44-37(32)23-31)29-11-9-27(10-12-29)30-17-20-39-36(22-30)35-3-1-2-4-38(35)45-39/h1-24H. The van der Waals surface area contributed by atoms with Gasteiger partial charge >= 0.3 is 6.18 Å². The van der Waals surface area contributed by atoms with Gasteiger partial charge in [0, 0.05) is 37.3 Å². The maximum atomic E-state index is 12.9. The molecule has 1 nitrogen and oxygen atoms in total. The molecule has 45 heavy (non-hydrogen) atoms. The van der Waals surface area contributed by atoms with Gasteiger partial charge < -0.3 is 0 Å². The molecule has 0 fully saturated rings. The molecule has 5 heteroatoms. The van der Waals surface area contributed by atoms with E-state index in [9.17, 15) is 13.2 Å². The van der Waals surface area contributed by atoms with Gasteiger partial charge in [-0.05, 0) is 81.4 Å². The van der Waals surface area contributed by atoms with E-state index in [0.717, 1.165) is 56.4 Å². The Morgan fingerprint density at radius 1 is 0.444 bits per heavy atom. The zero-order valence-electron chi connectivity index (χ0n) is 23.8. The van der Waals surface area contributed by atoms with E-state index in [0.29, 0.717) is 0 Å². The molecule has 0 saturated heterocycles. The van der Waals surface area contributed by atoms with Crippen molar-refractivity contribution in [3.8, 4) is 44.5 Å². The van der Waals surface area contributed by atoms with Crippen molar-refractivity contribution in [2.75, 3.05) is 0 Å². The summed E-state index contributed by atoms with van der Waals surface area (Å²) in [6.07, 6.45) is -2.42. The number of benzene rings is 6. The van der Waals surface area contributed by atoms with Crippen LogP contribution in [0.4, 0.5) is 13.2 Å². The number of halogens is 3. The smallest absolute Gasteiger partial charge is 0.256 e. The fraction of sp³-hybridized carbons (Fsp3) is 0.0250. The number of rotatable bonds is 4. The summed E-state index contributed by atoms with van der Waals surface area (Å²) in [6, 6.07) is 45.4. The van der Waals surface area contributed by atoms with Crippen LogP contribution in [0.5, 0.6) is 0 Å². The van der Waals surface area contributed by atoms with Gasteiger partial charge in [-0.15, -0.1) is 11.3 Å². The largest absolute Gasteiger partial charge is 0.416 e. The number of pyridine rings is 1. The summed E-state index contributed by atoms with van der Waals surface area (Å²) < 4.78 is 41.4. The SMILES string of the molecule is FC(F)(F)c1ccc(-c2ccc(-c3ccc4cc(-c5ccc(-c6ccc7sc8ccccc8c7c6)cc5)cnc4c3)cc2)cc1. The highest BCUT2D eigenvalue weighted by atomic mass is 32.1. The van der Waals surface area contributed by atoms with Gasteiger partial charge in [0.2, 0.25) is 0 Å². The van der Waals surface area contributed by atoms with Crippen LogP contribution in [0, 0.1) is 0 Å². The molecule has 0 spiro atoms. The molecule has 2 aromatic heterocycles. The Balaban J connectivity index is 1.02. The average Bonchev–Trinajstić information content (AvgIpc) is 3.46. The Kier molecular flexibility index (Phi) is 6.50. The molecule has 0 bridgehead atoms. The predicted octanol–water partition coefficient (Wildman–Crippen LogP) is 12.3. The molecule has 0 amide bonds. The molecule has 0 N–H and O–H groups in total. The lowest BCUT2D eigenvalue weighted by atomic mass is 9.97. The molecule has 0 aliphatic heterocycles. The summed E-state index contributed by atoms with van der Waals surface area (Å²) >= 11 is 1.83. The van der Waals surface area contributed by atoms with E-state index in [4.69, 9.17) is 4.98 Å². The lowest BCUT2D eigenvalue weighted by Crippen LogP contribution is -2.03. The first-order chi connectivity index (χ1) is 21.9. The van der Waals surface area contributed by atoms with Gasteiger partial charge in [0.05, 0.1) is 11.1 Å². The van der Waals surface area contributed by atoms with Gasteiger partial charge in [-0.2, -0.15) is 13.2 Å². The summed E-state index contributed by atoms with van der Waals surface area (Å²) in [5, 5.41) is 3.65. The molecule has 0 aliphatic rings. The summed E-state index contributed by atoms with van der Waals surface area (Å²) in [7, 11) is 0. The number of hydrogen-bond donors (Lipinski definition) is 0. The Labute approximate surface area is 261 Å². The second-order valence-electron chi connectivity index (χ2n) is 11.2. The first-order valence-corrected chi connectivity index (χ1v) is 15.4. The monoisotopic (exact) mass is 607 g/mol. The number of aromatic nitrogens is 1. The topological polar surface area (TPSA) is 12.9 Å². The van der Waals surface area contributed by atoms with Crippen LogP contribution in [-0.4, -0.2) is 4.98 Å². The summed E-state index contributed by atoms with van der Waals surface area (Å²) in [4.78, 5) is 4.78. The van der Waals surface area contributed by atoms with Crippen molar-refractivity contribution in [2.24, 2.45) is 0 Å². The highest BCUT2D eigenvalue weighted by Crippen LogP contribution is 2.37. The number of fused-ring (bicyclic) bond motifs is 4. The molecular weight excluding hydrogens is 584 g/mol.